The Morgan fingerprint density at radius 2 is 1.78 bits per heavy atom. The number of morpholine rings is 1. The fourth-order valence-electron chi connectivity index (χ4n) is 4.44. The largest absolute Gasteiger partial charge is 0.389 e. The van der Waals surface area contributed by atoms with Crippen LogP contribution in [0.1, 0.15) is 23.1 Å². The lowest BCUT2D eigenvalue weighted by molar-refractivity contribution is 0.122. The van der Waals surface area contributed by atoms with Gasteiger partial charge in [0.05, 0.1) is 25.0 Å². The van der Waals surface area contributed by atoms with Gasteiger partial charge in [-0.05, 0) is 53.9 Å². The van der Waals surface area contributed by atoms with Gasteiger partial charge in [-0.3, -0.25) is 0 Å². The van der Waals surface area contributed by atoms with Gasteiger partial charge in [0, 0.05) is 37.3 Å². The number of β-amino-alcohol motifs (C(OH)–C–C–N with tert-alkyl or cyclic N) is 1. The molecule has 2 aliphatic rings. The van der Waals surface area contributed by atoms with Gasteiger partial charge in [-0.15, -0.1) is 0 Å². The number of halogens is 2. The quantitative estimate of drug-likeness (QED) is 0.398. The van der Waals surface area contributed by atoms with Crippen LogP contribution in [0.15, 0.2) is 59.6 Å². The zero-order chi connectivity index (χ0) is 25.2. The van der Waals surface area contributed by atoms with Crippen molar-refractivity contribution in [3.63, 3.8) is 0 Å². The minimum atomic E-state index is -2.57. The highest BCUT2D eigenvalue weighted by atomic mass is 19.3. The summed E-state index contributed by atoms with van der Waals surface area (Å²) in [5.74, 6) is 1.85. The normalized spacial score (nSPS) is 17.0. The Labute approximate surface area is 208 Å². The van der Waals surface area contributed by atoms with E-state index in [1.807, 2.05) is 31.2 Å². The summed E-state index contributed by atoms with van der Waals surface area (Å²) in [5.41, 5.74) is 10.2. The lowest BCUT2D eigenvalue weighted by Gasteiger charge is -2.38. The third kappa shape index (κ3) is 5.17. The molecule has 2 aromatic carbocycles. The number of anilines is 2. The van der Waals surface area contributed by atoms with Crippen molar-refractivity contribution < 1.29 is 18.6 Å². The Balaban J connectivity index is 1.51. The third-order valence-corrected chi connectivity index (χ3v) is 6.54. The van der Waals surface area contributed by atoms with Crippen molar-refractivity contribution in [2.75, 3.05) is 49.2 Å². The maximum Gasteiger partial charge on any atom is 0.263 e. The van der Waals surface area contributed by atoms with E-state index in [2.05, 4.69) is 20.9 Å². The number of pyridine rings is 1. The van der Waals surface area contributed by atoms with E-state index in [-0.39, 0.29) is 17.5 Å². The van der Waals surface area contributed by atoms with Crippen LogP contribution in [0.5, 0.6) is 0 Å². The maximum atomic E-state index is 13.1. The molecule has 0 spiro atoms. The number of nitrogens with two attached hydrogens (primary N) is 1. The minimum absolute atomic E-state index is 0.0914. The topological polar surface area (TPSA) is 87.2 Å². The van der Waals surface area contributed by atoms with Crippen molar-refractivity contribution in [1.82, 2.24) is 4.98 Å². The SMILES string of the molecule is Cc1ccc(N=C(N)c2cccc(C(F)F)c2)cc1-c1cc(N2CCOCC2)nc(N2CC(O)C2)c1. The highest BCUT2D eigenvalue weighted by Gasteiger charge is 2.27. The monoisotopic (exact) mass is 493 g/mol. The van der Waals surface area contributed by atoms with Gasteiger partial charge in [-0.25, -0.2) is 18.8 Å². The molecule has 2 aliphatic heterocycles. The van der Waals surface area contributed by atoms with Crippen LogP contribution in [-0.2, 0) is 4.74 Å². The molecule has 9 heteroatoms. The number of amidine groups is 1. The van der Waals surface area contributed by atoms with Crippen LogP contribution in [0.2, 0.25) is 0 Å². The Kier molecular flexibility index (Phi) is 6.84. The number of aliphatic hydroxyl groups excluding tert-OH is 1. The molecule has 2 saturated heterocycles. The van der Waals surface area contributed by atoms with Crippen LogP contribution in [-0.4, -0.2) is 61.4 Å². The van der Waals surface area contributed by atoms with Crippen molar-refractivity contribution in [3.05, 3.63) is 71.3 Å². The van der Waals surface area contributed by atoms with E-state index in [0.29, 0.717) is 37.6 Å². The number of aryl methyl sites for hydroxylation is 1. The zero-order valence-corrected chi connectivity index (χ0v) is 20.1. The molecule has 188 valence electrons. The van der Waals surface area contributed by atoms with Gasteiger partial charge in [0.25, 0.3) is 6.43 Å². The van der Waals surface area contributed by atoms with Crippen LogP contribution in [0.4, 0.5) is 26.1 Å². The summed E-state index contributed by atoms with van der Waals surface area (Å²) in [7, 11) is 0. The Morgan fingerprint density at radius 1 is 1.06 bits per heavy atom. The van der Waals surface area contributed by atoms with Gasteiger partial charge in [0.15, 0.2) is 0 Å². The highest BCUT2D eigenvalue weighted by Crippen LogP contribution is 2.34. The number of ether oxygens (including phenoxy) is 1. The van der Waals surface area contributed by atoms with Crippen molar-refractivity contribution in [2.24, 2.45) is 10.7 Å². The number of hydrogen-bond acceptors (Lipinski definition) is 6. The number of alkyl halides is 2. The summed E-state index contributed by atoms with van der Waals surface area (Å²) in [4.78, 5) is 13.7. The van der Waals surface area contributed by atoms with Crippen LogP contribution < -0.4 is 15.5 Å². The molecule has 0 unspecified atom stereocenters. The van der Waals surface area contributed by atoms with Gasteiger partial charge in [-0.2, -0.15) is 0 Å². The molecule has 0 amide bonds. The molecular weight excluding hydrogens is 464 g/mol. The first-order valence-electron chi connectivity index (χ1n) is 12.0. The Hall–Kier alpha value is -3.56. The fourth-order valence-corrected chi connectivity index (χ4v) is 4.44. The maximum absolute atomic E-state index is 13.1. The number of hydrogen-bond donors (Lipinski definition) is 2. The molecule has 0 aliphatic carbocycles. The molecular formula is C27H29F2N5O2. The average Bonchev–Trinajstić information content (AvgIpc) is 2.88. The zero-order valence-electron chi connectivity index (χ0n) is 20.1. The van der Waals surface area contributed by atoms with Crippen molar-refractivity contribution in [2.45, 2.75) is 19.5 Å². The van der Waals surface area contributed by atoms with Crippen molar-refractivity contribution >= 4 is 23.2 Å². The van der Waals surface area contributed by atoms with Crippen LogP contribution >= 0.6 is 0 Å². The molecule has 3 heterocycles. The number of aliphatic imine (C=N–C) groups is 1. The molecule has 1 aromatic heterocycles. The van der Waals surface area contributed by atoms with Crippen LogP contribution in [0.3, 0.4) is 0 Å². The number of rotatable bonds is 6. The molecule has 5 rings (SSSR count). The molecule has 3 aromatic rings. The van der Waals surface area contributed by atoms with Crippen molar-refractivity contribution in [3.8, 4) is 11.1 Å². The van der Waals surface area contributed by atoms with Crippen LogP contribution in [0, 0.1) is 6.92 Å². The lowest BCUT2D eigenvalue weighted by atomic mass is 9.99. The van der Waals surface area contributed by atoms with E-state index < -0.39 is 6.43 Å². The minimum Gasteiger partial charge on any atom is -0.389 e. The third-order valence-electron chi connectivity index (χ3n) is 6.54. The summed E-state index contributed by atoms with van der Waals surface area (Å²) >= 11 is 0. The molecule has 0 radical (unpaired) electrons. The first kappa shape index (κ1) is 24.1. The molecule has 0 atom stereocenters. The van der Waals surface area contributed by atoms with Gasteiger partial charge in [0.2, 0.25) is 0 Å². The van der Waals surface area contributed by atoms with E-state index in [1.165, 1.54) is 12.1 Å². The number of nitrogens with zero attached hydrogens (tertiary/aromatic N) is 4. The van der Waals surface area contributed by atoms with E-state index in [1.54, 1.807) is 12.1 Å². The van der Waals surface area contributed by atoms with E-state index in [0.717, 1.165) is 41.4 Å². The standard InChI is InChI=1S/C27H29F2N5O2/c1-17-5-6-21(31-27(30)19-4-2-3-18(11-19)26(28)29)14-23(17)20-12-24(33-7-9-36-10-8-33)32-25(13-20)34-15-22(35)16-34/h2-6,11-14,22,26,35H,7-10,15-16H2,1H3,(H2,30,31). The van der Waals surface area contributed by atoms with Gasteiger partial charge in [0.1, 0.15) is 17.5 Å². The summed E-state index contributed by atoms with van der Waals surface area (Å²) in [5, 5.41) is 9.83. The predicted octanol–water partition coefficient (Wildman–Crippen LogP) is 4.05. The number of aliphatic hydroxyl groups is 1. The predicted molar refractivity (Wildman–Crippen MR) is 137 cm³/mol. The fraction of sp³-hybridized carbons (Fsp3) is 0.333. The summed E-state index contributed by atoms with van der Waals surface area (Å²) in [6, 6.07) is 15.8. The highest BCUT2D eigenvalue weighted by molar-refractivity contribution is 5.99. The van der Waals surface area contributed by atoms with E-state index in [4.69, 9.17) is 15.5 Å². The van der Waals surface area contributed by atoms with Gasteiger partial charge < -0.3 is 25.4 Å². The van der Waals surface area contributed by atoms with Gasteiger partial charge in [-0.1, -0.05) is 24.3 Å². The summed E-state index contributed by atoms with van der Waals surface area (Å²) in [6.45, 7) is 5.96. The molecule has 0 saturated carbocycles. The van der Waals surface area contributed by atoms with Crippen LogP contribution in [0.25, 0.3) is 11.1 Å². The summed E-state index contributed by atoms with van der Waals surface area (Å²) in [6.07, 6.45) is -2.91. The second-order valence-corrected chi connectivity index (χ2v) is 9.15. The molecule has 2 fully saturated rings. The molecule has 7 nitrogen and oxygen atoms in total. The number of aromatic nitrogens is 1. The lowest BCUT2D eigenvalue weighted by Crippen LogP contribution is -2.51. The molecule has 0 bridgehead atoms. The van der Waals surface area contributed by atoms with Gasteiger partial charge >= 0.3 is 0 Å². The second-order valence-electron chi connectivity index (χ2n) is 9.15. The second kappa shape index (κ2) is 10.2. The number of benzene rings is 2. The van der Waals surface area contributed by atoms with E-state index >= 15 is 0 Å². The molecule has 3 N–H and O–H groups in total. The Bertz CT molecular complexity index is 1270. The van der Waals surface area contributed by atoms with E-state index in [9.17, 15) is 13.9 Å². The first-order valence-corrected chi connectivity index (χ1v) is 12.0. The summed E-state index contributed by atoms with van der Waals surface area (Å²) < 4.78 is 31.7. The van der Waals surface area contributed by atoms with Crippen molar-refractivity contribution in [1.29, 1.82) is 0 Å². The smallest absolute Gasteiger partial charge is 0.263 e. The Morgan fingerprint density at radius 3 is 2.47 bits per heavy atom. The first-order chi connectivity index (χ1) is 17.4. The molecule has 36 heavy (non-hydrogen) atoms. The average molecular weight is 494 g/mol.